The molecular formula is C26H24ClF3N4O3. The minimum atomic E-state index is -1.07. The minimum absolute atomic E-state index is 0.0837. The Hall–Kier alpha value is -3.63. The summed E-state index contributed by atoms with van der Waals surface area (Å²) < 4.78 is 46.8. The van der Waals surface area contributed by atoms with Crippen molar-refractivity contribution >= 4 is 34.9 Å². The zero-order valence-electron chi connectivity index (χ0n) is 20.1. The summed E-state index contributed by atoms with van der Waals surface area (Å²) in [5.74, 6) is -4.21. The highest BCUT2D eigenvalue weighted by Crippen LogP contribution is 2.28. The van der Waals surface area contributed by atoms with Crippen LogP contribution in [0.25, 0.3) is 0 Å². The Morgan fingerprint density at radius 2 is 1.76 bits per heavy atom. The number of nitrogens with one attached hydrogen (secondary N) is 2. The van der Waals surface area contributed by atoms with E-state index in [-0.39, 0.29) is 28.3 Å². The molecule has 37 heavy (non-hydrogen) atoms. The number of nitrogens with zero attached hydrogens (tertiary/aromatic N) is 2. The molecule has 0 aliphatic carbocycles. The van der Waals surface area contributed by atoms with Crippen LogP contribution >= 0.6 is 11.6 Å². The summed E-state index contributed by atoms with van der Waals surface area (Å²) in [6, 6.07) is 6.09. The van der Waals surface area contributed by atoms with Crippen LogP contribution in [-0.2, 0) is 11.3 Å². The van der Waals surface area contributed by atoms with Crippen molar-refractivity contribution < 1.29 is 27.5 Å². The van der Waals surface area contributed by atoms with Crippen LogP contribution in [0, 0.1) is 31.3 Å². The quantitative estimate of drug-likeness (QED) is 0.477. The van der Waals surface area contributed by atoms with Crippen LogP contribution in [0.2, 0.25) is 5.02 Å². The molecule has 194 valence electrons. The molecule has 0 radical (unpaired) electrons. The van der Waals surface area contributed by atoms with E-state index in [4.69, 9.17) is 16.3 Å². The predicted molar refractivity (Wildman–Crippen MR) is 134 cm³/mol. The summed E-state index contributed by atoms with van der Waals surface area (Å²) in [6.45, 7) is 5.67. The Morgan fingerprint density at radius 3 is 2.43 bits per heavy atom. The number of carbonyl (C=O) groups is 2. The minimum Gasteiger partial charge on any atom is -0.378 e. The van der Waals surface area contributed by atoms with Crippen molar-refractivity contribution in [3.8, 4) is 0 Å². The van der Waals surface area contributed by atoms with E-state index in [2.05, 4.69) is 20.5 Å². The first-order valence-corrected chi connectivity index (χ1v) is 11.8. The Balaban J connectivity index is 1.52. The second-order valence-electron chi connectivity index (χ2n) is 8.57. The number of pyridine rings is 1. The van der Waals surface area contributed by atoms with Crippen molar-refractivity contribution in [2.45, 2.75) is 20.4 Å². The van der Waals surface area contributed by atoms with Crippen LogP contribution in [0.15, 0.2) is 36.5 Å². The number of ether oxygens (including phenoxy) is 1. The molecule has 1 aromatic heterocycles. The van der Waals surface area contributed by atoms with Gasteiger partial charge in [-0.15, -0.1) is 0 Å². The third-order valence-electron chi connectivity index (χ3n) is 6.02. The lowest BCUT2D eigenvalue weighted by molar-refractivity contribution is 0.0946. The summed E-state index contributed by atoms with van der Waals surface area (Å²) >= 11 is 6.26. The number of carbonyl (C=O) groups excluding carboxylic acids is 2. The molecule has 2 N–H and O–H groups in total. The molecule has 0 bridgehead atoms. The van der Waals surface area contributed by atoms with Crippen LogP contribution in [0.3, 0.4) is 0 Å². The van der Waals surface area contributed by atoms with Gasteiger partial charge >= 0.3 is 0 Å². The van der Waals surface area contributed by atoms with Crippen molar-refractivity contribution in [3.05, 3.63) is 86.8 Å². The number of aryl methyl sites for hydroxylation is 1. The Bertz CT molecular complexity index is 1360. The largest absolute Gasteiger partial charge is 0.378 e. The highest BCUT2D eigenvalue weighted by atomic mass is 35.5. The number of aromatic nitrogens is 1. The first-order chi connectivity index (χ1) is 17.7. The molecule has 2 heterocycles. The van der Waals surface area contributed by atoms with Gasteiger partial charge in [0.1, 0.15) is 11.6 Å². The van der Waals surface area contributed by atoms with Crippen LogP contribution in [0.5, 0.6) is 0 Å². The average Bonchev–Trinajstić information content (AvgIpc) is 2.89. The van der Waals surface area contributed by atoms with Gasteiger partial charge in [0, 0.05) is 25.2 Å². The molecule has 0 spiro atoms. The Morgan fingerprint density at radius 1 is 1.03 bits per heavy atom. The van der Waals surface area contributed by atoms with Crippen LogP contribution in [0.1, 0.15) is 37.4 Å². The average molecular weight is 533 g/mol. The maximum Gasteiger partial charge on any atom is 0.258 e. The fourth-order valence-corrected chi connectivity index (χ4v) is 4.11. The fourth-order valence-electron chi connectivity index (χ4n) is 3.89. The second-order valence-corrected chi connectivity index (χ2v) is 8.95. The Labute approximate surface area is 216 Å². The van der Waals surface area contributed by atoms with Gasteiger partial charge in [0.15, 0.2) is 11.6 Å². The van der Waals surface area contributed by atoms with Crippen LogP contribution in [0.4, 0.5) is 24.7 Å². The van der Waals surface area contributed by atoms with Gasteiger partial charge < -0.3 is 20.3 Å². The van der Waals surface area contributed by atoms with E-state index >= 15 is 0 Å². The molecule has 2 aromatic carbocycles. The number of amides is 2. The number of hydrogen-bond donors (Lipinski definition) is 2. The Kier molecular flexibility index (Phi) is 7.99. The fraction of sp³-hybridized carbons (Fsp3) is 0.269. The molecule has 1 aliphatic rings. The molecule has 2 amide bonds. The first kappa shape index (κ1) is 26.4. The molecule has 1 aliphatic heterocycles. The van der Waals surface area contributed by atoms with Crippen molar-refractivity contribution in [3.63, 3.8) is 0 Å². The monoisotopic (exact) mass is 532 g/mol. The number of benzene rings is 2. The molecule has 3 aromatic rings. The molecule has 0 saturated carbocycles. The highest BCUT2D eigenvalue weighted by Gasteiger charge is 2.23. The maximum absolute atomic E-state index is 14.9. The second kappa shape index (κ2) is 11.2. The third kappa shape index (κ3) is 5.86. The number of halogens is 4. The zero-order valence-corrected chi connectivity index (χ0v) is 20.9. The number of hydrogen-bond acceptors (Lipinski definition) is 5. The normalized spacial score (nSPS) is 13.4. The summed E-state index contributed by atoms with van der Waals surface area (Å²) in [7, 11) is 0. The molecule has 1 saturated heterocycles. The molecule has 4 rings (SSSR count). The van der Waals surface area contributed by atoms with E-state index in [0.29, 0.717) is 24.6 Å². The van der Waals surface area contributed by atoms with Gasteiger partial charge in [-0.2, -0.15) is 0 Å². The van der Waals surface area contributed by atoms with Gasteiger partial charge in [-0.05, 0) is 49.2 Å². The van der Waals surface area contributed by atoms with Gasteiger partial charge in [-0.25, -0.2) is 18.2 Å². The summed E-state index contributed by atoms with van der Waals surface area (Å²) in [5, 5.41) is 4.97. The van der Waals surface area contributed by atoms with Gasteiger partial charge in [0.2, 0.25) is 0 Å². The standard InChI is InChI=1S/C26H24ClF3N4O3/c1-14-9-17(34-5-7-37-8-6-34)13-31-24(14)33-26(36)18-11-19(23(30)15(2)22(18)27)25(35)32-12-16-3-4-20(28)21(29)10-16/h3-4,9-11,13H,5-8,12H2,1-2H3,(H,32,35)(H,31,33,36). The van der Waals surface area contributed by atoms with Gasteiger partial charge in [0.25, 0.3) is 11.8 Å². The van der Waals surface area contributed by atoms with Crippen molar-refractivity contribution in [2.24, 2.45) is 0 Å². The highest BCUT2D eigenvalue weighted by molar-refractivity contribution is 6.35. The van der Waals surface area contributed by atoms with Crippen molar-refractivity contribution in [2.75, 3.05) is 36.5 Å². The third-order valence-corrected chi connectivity index (χ3v) is 6.51. The lowest BCUT2D eigenvalue weighted by Crippen LogP contribution is -2.36. The van der Waals surface area contributed by atoms with E-state index in [0.717, 1.165) is 37.0 Å². The maximum atomic E-state index is 14.9. The predicted octanol–water partition coefficient (Wildman–Crippen LogP) is 4.79. The lowest BCUT2D eigenvalue weighted by Gasteiger charge is -2.29. The zero-order chi connectivity index (χ0) is 26.7. The number of morpholine rings is 1. The molecule has 11 heteroatoms. The van der Waals surface area contributed by atoms with E-state index < -0.39 is 34.8 Å². The van der Waals surface area contributed by atoms with E-state index in [1.54, 1.807) is 13.1 Å². The molecular weight excluding hydrogens is 509 g/mol. The SMILES string of the molecule is Cc1cc(N2CCOCC2)cnc1NC(=O)c1cc(C(=O)NCc2ccc(F)c(F)c2)c(F)c(C)c1Cl. The van der Waals surface area contributed by atoms with Crippen molar-refractivity contribution in [1.29, 1.82) is 0 Å². The first-order valence-electron chi connectivity index (χ1n) is 11.5. The molecule has 1 fully saturated rings. The molecule has 0 atom stereocenters. The molecule has 7 nitrogen and oxygen atoms in total. The number of anilines is 2. The summed E-state index contributed by atoms with van der Waals surface area (Å²) in [4.78, 5) is 32.3. The topological polar surface area (TPSA) is 83.6 Å². The lowest BCUT2D eigenvalue weighted by atomic mass is 10.0. The number of rotatable bonds is 6. The van der Waals surface area contributed by atoms with E-state index in [9.17, 15) is 22.8 Å². The summed E-state index contributed by atoms with van der Waals surface area (Å²) in [5.41, 5.74) is 1.27. The van der Waals surface area contributed by atoms with E-state index in [1.165, 1.54) is 13.0 Å². The van der Waals surface area contributed by atoms with Gasteiger partial charge in [-0.3, -0.25) is 9.59 Å². The van der Waals surface area contributed by atoms with Crippen LogP contribution < -0.4 is 15.5 Å². The van der Waals surface area contributed by atoms with Crippen LogP contribution in [-0.4, -0.2) is 43.1 Å². The smallest absolute Gasteiger partial charge is 0.258 e. The van der Waals surface area contributed by atoms with Gasteiger partial charge in [0.05, 0.1) is 41.2 Å². The van der Waals surface area contributed by atoms with Crippen molar-refractivity contribution in [1.82, 2.24) is 10.3 Å². The summed E-state index contributed by atoms with van der Waals surface area (Å²) in [6.07, 6.45) is 1.64. The van der Waals surface area contributed by atoms with E-state index in [1.807, 2.05) is 6.07 Å². The molecule has 0 unspecified atom stereocenters. The van der Waals surface area contributed by atoms with Gasteiger partial charge in [-0.1, -0.05) is 17.7 Å².